The van der Waals surface area contributed by atoms with Gasteiger partial charge in [0.25, 0.3) is 0 Å². The monoisotopic (exact) mass is 381 g/mol. The van der Waals surface area contributed by atoms with Crippen LogP contribution in [-0.2, 0) is 11.3 Å². The fraction of sp³-hybridized carbons (Fsp3) is 0.455. The largest absolute Gasteiger partial charge is 0.375 e. The Bertz CT molecular complexity index is 880. The second-order valence-corrected chi connectivity index (χ2v) is 8.22. The van der Waals surface area contributed by atoms with Crippen LogP contribution >= 0.6 is 0 Å². The van der Waals surface area contributed by atoms with Crippen molar-refractivity contribution in [1.82, 2.24) is 19.9 Å². The molecule has 3 rings (SSSR count). The Kier molecular flexibility index (Phi) is 6.65. The Hall–Kier alpha value is -2.44. The van der Waals surface area contributed by atoms with Gasteiger partial charge in [-0.15, -0.1) is 5.10 Å². The van der Waals surface area contributed by atoms with Crippen LogP contribution in [0.5, 0.6) is 0 Å². The molecule has 0 unspecified atom stereocenters. The summed E-state index contributed by atoms with van der Waals surface area (Å²) in [6.07, 6.45) is 2.96. The van der Waals surface area contributed by atoms with E-state index in [2.05, 4.69) is 60.7 Å². The average Bonchev–Trinajstić information content (AvgIpc) is 3.08. The molecule has 0 saturated carbocycles. The van der Waals surface area contributed by atoms with E-state index in [1.54, 1.807) is 0 Å². The molecule has 150 valence electrons. The van der Waals surface area contributed by atoms with Crippen molar-refractivity contribution in [3.63, 3.8) is 0 Å². The Labute approximate surface area is 167 Å². The standard InChI is InChI=1S/C22H31N5O/c1-22(2,3)11-12-24-20-9-10-21-25-15-19(27(21)26-20)18-7-5-17(6-8-18)16-28-14-13-23-4/h5-10,15,23H,11-14,16H2,1-4H3,(H,24,26). The van der Waals surface area contributed by atoms with Crippen molar-refractivity contribution < 1.29 is 4.74 Å². The van der Waals surface area contributed by atoms with Gasteiger partial charge in [0.05, 0.1) is 25.1 Å². The van der Waals surface area contributed by atoms with Crippen LogP contribution < -0.4 is 10.6 Å². The van der Waals surface area contributed by atoms with Gasteiger partial charge in [-0.2, -0.15) is 0 Å². The van der Waals surface area contributed by atoms with Crippen LogP contribution in [0.15, 0.2) is 42.6 Å². The molecule has 0 atom stereocenters. The Balaban J connectivity index is 1.71. The lowest BCUT2D eigenvalue weighted by molar-refractivity contribution is 0.124. The molecule has 0 aliphatic heterocycles. The molecule has 0 spiro atoms. The fourth-order valence-corrected chi connectivity index (χ4v) is 2.87. The molecule has 0 fully saturated rings. The van der Waals surface area contributed by atoms with Crippen LogP contribution in [0, 0.1) is 5.41 Å². The molecule has 3 aromatic rings. The zero-order valence-corrected chi connectivity index (χ0v) is 17.3. The van der Waals surface area contributed by atoms with Gasteiger partial charge in [0.1, 0.15) is 5.82 Å². The molecule has 0 bridgehead atoms. The molecule has 6 heteroatoms. The van der Waals surface area contributed by atoms with E-state index in [4.69, 9.17) is 9.84 Å². The summed E-state index contributed by atoms with van der Waals surface area (Å²) in [5.41, 5.74) is 4.38. The van der Waals surface area contributed by atoms with Crippen LogP contribution in [0.25, 0.3) is 16.9 Å². The van der Waals surface area contributed by atoms with E-state index >= 15 is 0 Å². The first-order chi connectivity index (χ1) is 13.5. The molecule has 28 heavy (non-hydrogen) atoms. The van der Waals surface area contributed by atoms with Crippen LogP contribution in [-0.4, -0.2) is 41.3 Å². The maximum atomic E-state index is 5.64. The Morgan fingerprint density at radius 2 is 1.82 bits per heavy atom. The minimum atomic E-state index is 0.301. The van der Waals surface area contributed by atoms with E-state index in [0.29, 0.717) is 18.6 Å². The van der Waals surface area contributed by atoms with E-state index in [-0.39, 0.29) is 0 Å². The van der Waals surface area contributed by atoms with E-state index in [9.17, 15) is 0 Å². The lowest BCUT2D eigenvalue weighted by Gasteiger charge is -2.18. The third-order valence-electron chi connectivity index (χ3n) is 4.56. The van der Waals surface area contributed by atoms with Gasteiger partial charge in [0.15, 0.2) is 5.65 Å². The van der Waals surface area contributed by atoms with Crippen molar-refractivity contribution in [3.05, 3.63) is 48.2 Å². The number of nitrogens with zero attached hydrogens (tertiary/aromatic N) is 3. The molecule has 0 aliphatic rings. The maximum Gasteiger partial charge on any atom is 0.154 e. The lowest BCUT2D eigenvalue weighted by Crippen LogP contribution is -2.14. The normalized spacial score (nSPS) is 11.9. The molecule has 0 radical (unpaired) electrons. The molecule has 2 N–H and O–H groups in total. The zero-order valence-electron chi connectivity index (χ0n) is 17.3. The summed E-state index contributed by atoms with van der Waals surface area (Å²) in [5.74, 6) is 0.866. The van der Waals surface area contributed by atoms with Crippen molar-refractivity contribution in [1.29, 1.82) is 0 Å². The number of hydrogen-bond acceptors (Lipinski definition) is 5. The topological polar surface area (TPSA) is 63.5 Å². The van der Waals surface area contributed by atoms with Crippen LogP contribution in [0.4, 0.5) is 5.82 Å². The zero-order chi connectivity index (χ0) is 20.0. The predicted molar refractivity (Wildman–Crippen MR) is 115 cm³/mol. The Morgan fingerprint density at radius 1 is 1.04 bits per heavy atom. The first kappa shape index (κ1) is 20.3. The summed E-state index contributed by atoms with van der Waals surface area (Å²) < 4.78 is 7.54. The second kappa shape index (κ2) is 9.17. The number of anilines is 1. The molecule has 0 aliphatic carbocycles. The average molecular weight is 382 g/mol. The van der Waals surface area contributed by atoms with Crippen molar-refractivity contribution >= 4 is 11.5 Å². The SMILES string of the molecule is CNCCOCc1ccc(-c2cnc3ccc(NCCC(C)(C)C)nn23)cc1. The van der Waals surface area contributed by atoms with E-state index in [1.807, 2.05) is 29.9 Å². The van der Waals surface area contributed by atoms with E-state index < -0.39 is 0 Å². The fourth-order valence-electron chi connectivity index (χ4n) is 2.87. The highest BCUT2D eigenvalue weighted by atomic mass is 16.5. The summed E-state index contributed by atoms with van der Waals surface area (Å²) in [5, 5.41) is 11.2. The number of aromatic nitrogens is 3. The number of imidazole rings is 1. The van der Waals surface area contributed by atoms with Crippen molar-refractivity contribution in [3.8, 4) is 11.3 Å². The predicted octanol–water partition coefficient (Wildman–Crippen LogP) is 3.98. The summed E-state index contributed by atoms with van der Waals surface area (Å²) in [4.78, 5) is 4.49. The third-order valence-corrected chi connectivity index (χ3v) is 4.56. The van der Waals surface area contributed by atoms with E-state index in [1.165, 1.54) is 0 Å². The smallest absolute Gasteiger partial charge is 0.154 e. The van der Waals surface area contributed by atoms with Crippen LogP contribution in [0.3, 0.4) is 0 Å². The highest BCUT2D eigenvalue weighted by molar-refractivity contribution is 5.63. The van der Waals surface area contributed by atoms with Gasteiger partial charge >= 0.3 is 0 Å². The first-order valence-electron chi connectivity index (χ1n) is 9.86. The summed E-state index contributed by atoms with van der Waals surface area (Å²) >= 11 is 0. The number of nitrogens with one attached hydrogen (secondary N) is 2. The molecule has 0 saturated heterocycles. The third kappa shape index (κ3) is 5.53. The summed E-state index contributed by atoms with van der Waals surface area (Å²) in [6, 6.07) is 12.4. The minimum Gasteiger partial charge on any atom is -0.375 e. The number of hydrogen-bond donors (Lipinski definition) is 2. The second-order valence-electron chi connectivity index (χ2n) is 8.22. The first-order valence-corrected chi connectivity index (χ1v) is 9.86. The molecule has 0 amide bonds. The van der Waals surface area contributed by atoms with Gasteiger partial charge in [-0.25, -0.2) is 9.50 Å². The van der Waals surface area contributed by atoms with Gasteiger partial charge in [-0.05, 0) is 36.6 Å². The quantitative estimate of drug-likeness (QED) is 0.549. The lowest BCUT2D eigenvalue weighted by atomic mass is 9.92. The summed E-state index contributed by atoms with van der Waals surface area (Å²) in [6.45, 7) is 9.82. The molecule has 6 nitrogen and oxygen atoms in total. The Morgan fingerprint density at radius 3 is 2.54 bits per heavy atom. The van der Waals surface area contributed by atoms with Crippen LogP contribution in [0.1, 0.15) is 32.8 Å². The van der Waals surface area contributed by atoms with Gasteiger partial charge in [-0.1, -0.05) is 45.0 Å². The summed E-state index contributed by atoms with van der Waals surface area (Å²) in [7, 11) is 1.92. The number of ether oxygens (including phenoxy) is 1. The van der Waals surface area contributed by atoms with E-state index in [0.717, 1.165) is 47.8 Å². The minimum absolute atomic E-state index is 0.301. The number of rotatable bonds is 9. The highest BCUT2D eigenvalue weighted by Gasteiger charge is 2.11. The number of benzene rings is 1. The van der Waals surface area contributed by atoms with Crippen LogP contribution in [0.2, 0.25) is 0 Å². The van der Waals surface area contributed by atoms with Crippen molar-refractivity contribution in [2.45, 2.75) is 33.8 Å². The van der Waals surface area contributed by atoms with Gasteiger partial charge in [-0.3, -0.25) is 0 Å². The molecule has 1 aromatic carbocycles. The molecule has 2 heterocycles. The van der Waals surface area contributed by atoms with Gasteiger partial charge in [0.2, 0.25) is 0 Å². The maximum absolute atomic E-state index is 5.64. The van der Waals surface area contributed by atoms with Crippen molar-refractivity contribution in [2.75, 3.05) is 32.1 Å². The van der Waals surface area contributed by atoms with Gasteiger partial charge in [0, 0.05) is 18.7 Å². The number of fused-ring (bicyclic) bond motifs is 1. The van der Waals surface area contributed by atoms with Crippen molar-refractivity contribution in [2.24, 2.45) is 5.41 Å². The molecular formula is C22H31N5O. The molecule has 2 aromatic heterocycles. The number of likely N-dealkylation sites (N-methyl/N-ethyl adjacent to an activating group) is 1. The highest BCUT2D eigenvalue weighted by Crippen LogP contribution is 2.22. The molecular weight excluding hydrogens is 350 g/mol. The van der Waals surface area contributed by atoms with Gasteiger partial charge < -0.3 is 15.4 Å².